The van der Waals surface area contributed by atoms with Crippen molar-refractivity contribution in [3.8, 4) is 0 Å². The van der Waals surface area contributed by atoms with Crippen LogP contribution in [0.1, 0.15) is 73.1 Å². The summed E-state index contributed by atoms with van der Waals surface area (Å²) in [5, 5.41) is 3.25. The second-order valence-electron chi connectivity index (χ2n) is 9.66. The van der Waals surface area contributed by atoms with Gasteiger partial charge >= 0.3 is 0 Å². The van der Waals surface area contributed by atoms with E-state index in [1.807, 2.05) is 27.7 Å². The van der Waals surface area contributed by atoms with E-state index in [1.165, 1.54) is 19.3 Å². The monoisotopic (exact) mass is 415 g/mol. The molecule has 2 fully saturated rings. The zero-order chi connectivity index (χ0) is 20.9. The molecule has 0 aromatic heterocycles. The van der Waals surface area contributed by atoms with E-state index < -0.39 is 10.2 Å². The smallest absolute Gasteiger partial charge is 0.281 e. The lowest BCUT2D eigenvalue weighted by atomic mass is 9.85. The Kier molecular flexibility index (Phi) is 8.77. The van der Waals surface area contributed by atoms with Crippen LogP contribution in [0.5, 0.6) is 0 Å². The van der Waals surface area contributed by atoms with E-state index in [4.69, 9.17) is 0 Å². The molecule has 1 aliphatic carbocycles. The number of carbonyl (C=O) groups excluding carboxylic acids is 1. The first-order chi connectivity index (χ1) is 13.1. The van der Waals surface area contributed by atoms with Gasteiger partial charge in [-0.2, -0.15) is 17.0 Å². The van der Waals surface area contributed by atoms with Crippen molar-refractivity contribution in [1.29, 1.82) is 0 Å². The van der Waals surface area contributed by atoms with Crippen molar-refractivity contribution in [2.45, 2.75) is 79.2 Å². The third kappa shape index (κ3) is 6.42. The topological polar surface area (TPSA) is 69.7 Å². The largest absolute Gasteiger partial charge is 0.353 e. The Balaban J connectivity index is 1.92. The Bertz CT molecular complexity index is 588. The molecule has 2 aliphatic rings. The highest BCUT2D eigenvalue weighted by atomic mass is 32.2. The van der Waals surface area contributed by atoms with Gasteiger partial charge < -0.3 is 5.32 Å². The molecular weight excluding hydrogens is 374 g/mol. The van der Waals surface area contributed by atoms with E-state index in [1.54, 1.807) is 8.61 Å². The minimum atomic E-state index is -3.46. The first-order valence-corrected chi connectivity index (χ1v) is 12.6. The molecule has 0 aromatic carbocycles. The Labute approximate surface area is 172 Å². The molecule has 1 saturated heterocycles. The number of nitrogens with one attached hydrogen (secondary N) is 1. The van der Waals surface area contributed by atoms with Crippen LogP contribution in [0.4, 0.5) is 0 Å². The standard InChI is InChI=1S/C21H41N3O3S/c1-16(2)14-24(15-17(3)4)28(26,27)23-12-10-19(11-13-23)21(25)22-20-9-7-6-8-18(20)5/h16-20H,6-15H2,1-5H3,(H,22,25). The molecule has 1 amide bonds. The Morgan fingerprint density at radius 2 is 1.54 bits per heavy atom. The summed E-state index contributed by atoms with van der Waals surface area (Å²) in [5.74, 6) is 1.17. The summed E-state index contributed by atoms with van der Waals surface area (Å²) >= 11 is 0. The van der Waals surface area contributed by atoms with Crippen LogP contribution in [-0.2, 0) is 15.0 Å². The van der Waals surface area contributed by atoms with Gasteiger partial charge in [0.1, 0.15) is 0 Å². The summed E-state index contributed by atoms with van der Waals surface area (Å²) in [6.07, 6.45) is 5.93. The van der Waals surface area contributed by atoms with Gasteiger partial charge in [-0.15, -0.1) is 0 Å². The molecule has 7 heteroatoms. The summed E-state index contributed by atoms with van der Waals surface area (Å²) in [7, 11) is -3.46. The van der Waals surface area contributed by atoms with E-state index in [9.17, 15) is 13.2 Å². The molecule has 6 nitrogen and oxygen atoms in total. The molecule has 1 aliphatic heterocycles. The summed E-state index contributed by atoms with van der Waals surface area (Å²) in [6.45, 7) is 12.4. The molecule has 164 valence electrons. The number of hydrogen-bond acceptors (Lipinski definition) is 3. The van der Waals surface area contributed by atoms with E-state index in [0.717, 1.165) is 6.42 Å². The molecular formula is C21H41N3O3S. The van der Waals surface area contributed by atoms with E-state index in [2.05, 4.69) is 12.2 Å². The summed E-state index contributed by atoms with van der Waals surface area (Å²) in [5.41, 5.74) is 0. The normalized spacial score (nSPS) is 25.6. The number of carbonyl (C=O) groups is 1. The third-order valence-corrected chi connectivity index (χ3v) is 8.02. The van der Waals surface area contributed by atoms with Gasteiger partial charge in [0.15, 0.2) is 0 Å². The molecule has 1 heterocycles. The lowest BCUT2D eigenvalue weighted by Crippen LogP contribution is -2.51. The molecule has 2 atom stereocenters. The van der Waals surface area contributed by atoms with Crippen molar-refractivity contribution < 1.29 is 13.2 Å². The van der Waals surface area contributed by atoms with Crippen molar-refractivity contribution in [2.24, 2.45) is 23.7 Å². The predicted molar refractivity (Wildman–Crippen MR) is 114 cm³/mol. The van der Waals surface area contributed by atoms with Gasteiger partial charge in [0, 0.05) is 38.1 Å². The lowest BCUT2D eigenvalue weighted by Gasteiger charge is -2.36. The van der Waals surface area contributed by atoms with Crippen LogP contribution in [0.3, 0.4) is 0 Å². The Hall–Kier alpha value is -0.660. The molecule has 2 unspecified atom stereocenters. The quantitative estimate of drug-likeness (QED) is 0.661. The van der Waals surface area contributed by atoms with Crippen LogP contribution in [-0.4, -0.2) is 55.2 Å². The van der Waals surface area contributed by atoms with Gasteiger partial charge in [-0.05, 0) is 43.4 Å². The molecule has 2 rings (SSSR count). The summed E-state index contributed by atoms with van der Waals surface area (Å²) in [4.78, 5) is 12.7. The van der Waals surface area contributed by atoms with Crippen LogP contribution in [0, 0.1) is 23.7 Å². The molecule has 0 spiro atoms. The van der Waals surface area contributed by atoms with E-state index in [0.29, 0.717) is 44.9 Å². The number of hydrogen-bond donors (Lipinski definition) is 1. The third-order valence-electron chi connectivity index (χ3n) is 6.05. The Morgan fingerprint density at radius 1 is 1.00 bits per heavy atom. The zero-order valence-corrected chi connectivity index (χ0v) is 19.3. The second-order valence-corrected chi connectivity index (χ2v) is 11.6. The van der Waals surface area contributed by atoms with Gasteiger partial charge in [-0.25, -0.2) is 0 Å². The minimum absolute atomic E-state index is 0.0655. The fourth-order valence-corrected chi connectivity index (χ4v) is 6.39. The molecule has 0 aromatic rings. The maximum absolute atomic E-state index is 13.1. The molecule has 1 N–H and O–H groups in total. The molecule has 1 saturated carbocycles. The van der Waals surface area contributed by atoms with Crippen LogP contribution < -0.4 is 5.32 Å². The van der Waals surface area contributed by atoms with E-state index in [-0.39, 0.29) is 29.7 Å². The first-order valence-electron chi connectivity index (χ1n) is 11.2. The van der Waals surface area contributed by atoms with Crippen molar-refractivity contribution in [3.63, 3.8) is 0 Å². The maximum Gasteiger partial charge on any atom is 0.281 e. The van der Waals surface area contributed by atoms with Gasteiger partial charge in [-0.3, -0.25) is 4.79 Å². The fourth-order valence-electron chi connectivity index (χ4n) is 4.42. The summed E-state index contributed by atoms with van der Waals surface area (Å²) < 4.78 is 29.5. The second kappa shape index (κ2) is 10.4. The van der Waals surface area contributed by atoms with Crippen LogP contribution >= 0.6 is 0 Å². The molecule has 28 heavy (non-hydrogen) atoms. The average molecular weight is 416 g/mol. The van der Waals surface area contributed by atoms with Crippen molar-refractivity contribution in [1.82, 2.24) is 13.9 Å². The minimum Gasteiger partial charge on any atom is -0.353 e. The molecule has 0 bridgehead atoms. The van der Waals surface area contributed by atoms with Crippen molar-refractivity contribution >= 4 is 16.1 Å². The summed E-state index contributed by atoms with van der Waals surface area (Å²) in [6, 6.07) is 0.288. The van der Waals surface area contributed by atoms with Crippen LogP contribution in [0.25, 0.3) is 0 Å². The molecule has 0 radical (unpaired) electrons. The first kappa shape index (κ1) is 23.6. The zero-order valence-electron chi connectivity index (χ0n) is 18.5. The highest BCUT2D eigenvalue weighted by molar-refractivity contribution is 7.86. The predicted octanol–water partition coefficient (Wildman–Crippen LogP) is 3.25. The number of amides is 1. The number of piperidine rings is 1. The van der Waals surface area contributed by atoms with Crippen molar-refractivity contribution in [2.75, 3.05) is 26.2 Å². The number of rotatable bonds is 8. The lowest BCUT2D eigenvalue weighted by molar-refractivity contribution is -0.127. The SMILES string of the molecule is CC(C)CN(CC(C)C)S(=O)(=O)N1CCC(C(=O)NC2CCCCC2C)CC1. The fraction of sp³-hybridized carbons (Fsp3) is 0.952. The van der Waals surface area contributed by atoms with Crippen molar-refractivity contribution in [3.05, 3.63) is 0 Å². The van der Waals surface area contributed by atoms with Crippen LogP contribution in [0.2, 0.25) is 0 Å². The average Bonchev–Trinajstić information content (AvgIpc) is 2.62. The highest BCUT2D eigenvalue weighted by Crippen LogP contribution is 2.26. The van der Waals surface area contributed by atoms with E-state index >= 15 is 0 Å². The highest BCUT2D eigenvalue weighted by Gasteiger charge is 2.36. The van der Waals surface area contributed by atoms with Crippen LogP contribution in [0.15, 0.2) is 0 Å². The van der Waals surface area contributed by atoms with Gasteiger partial charge in [0.2, 0.25) is 5.91 Å². The van der Waals surface area contributed by atoms with Gasteiger partial charge in [0.25, 0.3) is 10.2 Å². The Morgan fingerprint density at radius 3 is 2.04 bits per heavy atom. The van der Waals surface area contributed by atoms with Gasteiger partial charge in [-0.1, -0.05) is 47.5 Å². The van der Waals surface area contributed by atoms with Gasteiger partial charge in [0.05, 0.1) is 0 Å². The maximum atomic E-state index is 13.1. The number of nitrogens with zero attached hydrogens (tertiary/aromatic N) is 2.